The molecule has 0 aliphatic heterocycles. The summed E-state index contributed by atoms with van der Waals surface area (Å²) in [6.07, 6.45) is 4.36. The van der Waals surface area contributed by atoms with Crippen molar-refractivity contribution in [1.82, 2.24) is 9.97 Å². The normalized spacial score (nSPS) is 10.9. The lowest BCUT2D eigenvalue weighted by Crippen LogP contribution is -1.91. The Hall–Kier alpha value is -2.26. The highest BCUT2D eigenvalue weighted by Gasteiger charge is 2.14. The molecule has 0 saturated heterocycles. The molecule has 1 heterocycles. The maximum atomic E-state index is 6.45. The first kappa shape index (κ1) is 18.1. The number of halogens is 3. The Morgan fingerprint density at radius 1 is 0.815 bits per heavy atom. The maximum absolute atomic E-state index is 6.45. The fourth-order valence-electron chi connectivity index (χ4n) is 3.14. The van der Waals surface area contributed by atoms with Gasteiger partial charge in [0.15, 0.2) is 0 Å². The summed E-state index contributed by atoms with van der Waals surface area (Å²) in [6.45, 7) is 0. The van der Waals surface area contributed by atoms with Crippen LogP contribution in [-0.4, -0.2) is 9.97 Å². The summed E-state index contributed by atoms with van der Waals surface area (Å²) in [7, 11) is 0. The summed E-state index contributed by atoms with van der Waals surface area (Å²) in [6, 6.07) is 19.9. The van der Waals surface area contributed by atoms with Gasteiger partial charge in [-0.25, -0.2) is 4.98 Å². The van der Waals surface area contributed by atoms with Gasteiger partial charge in [0, 0.05) is 29.4 Å². The van der Waals surface area contributed by atoms with Crippen LogP contribution in [0.25, 0.3) is 22.3 Å². The number of hydrogen-bond acceptors (Lipinski definition) is 1. The zero-order chi connectivity index (χ0) is 18.8. The molecule has 0 bridgehead atoms. The van der Waals surface area contributed by atoms with Gasteiger partial charge in [-0.15, -0.1) is 0 Å². The quantitative estimate of drug-likeness (QED) is 0.374. The Balaban J connectivity index is 1.73. The zero-order valence-corrected chi connectivity index (χ0v) is 16.5. The average molecular weight is 414 g/mol. The van der Waals surface area contributed by atoms with E-state index in [2.05, 4.69) is 40.3 Å². The first-order chi connectivity index (χ1) is 13.1. The number of imidazole rings is 1. The van der Waals surface area contributed by atoms with Crippen LogP contribution < -0.4 is 0 Å². The molecular weight excluding hydrogens is 399 g/mol. The number of H-pyrrole nitrogens is 1. The van der Waals surface area contributed by atoms with E-state index >= 15 is 0 Å². The van der Waals surface area contributed by atoms with Crippen LogP contribution in [0.15, 0.2) is 73.1 Å². The standard InChI is InChI=1S/C22H15Cl3N2/c23-16-12-19(24)22(20(25)13-16)18-4-2-1-3-17(18)15-7-5-14(6-8-15)11-21-26-9-10-27-21/h1-10,12-13H,11H2,(H,26,27). The van der Waals surface area contributed by atoms with Crippen LogP contribution in [0.3, 0.4) is 0 Å². The highest BCUT2D eigenvalue weighted by Crippen LogP contribution is 2.41. The van der Waals surface area contributed by atoms with Gasteiger partial charge in [-0.1, -0.05) is 83.3 Å². The van der Waals surface area contributed by atoms with Crippen LogP contribution in [0.1, 0.15) is 11.4 Å². The molecule has 0 amide bonds. The smallest absolute Gasteiger partial charge is 0.110 e. The Bertz CT molecular complexity index is 1050. The van der Waals surface area contributed by atoms with Gasteiger partial charge in [-0.3, -0.25) is 0 Å². The lowest BCUT2D eigenvalue weighted by molar-refractivity contribution is 1.03. The third-order valence-electron chi connectivity index (χ3n) is 4.39. The van der Waals surface area contributed by atoms with E-state index in [-0.39, 0.29) is 0 Å². The molecule has 2 nitrogen and oxygen atoms in total. The van der Waals surface area contributed by atoms with Crippen molar-refractivity contribution in [3.63, 3.8) is 0 Å². The van der Waals surface area contributed by atoms with Crippen molar-refractivity contribution in [3.05, 3.63) is 99.5 Å². The number of aromatic nitrogens is 2. The lowest BCUT2D eigenvalue weighted by Gasteiger charge is -2.14. The van der Waals surface area contributed by atoms with Gasteiger partial charge in [0.05, 0.1) is 10.0 Å². The van der Waals surface area contributed by atoms with Crippen LogP contribution in [0.2, 0.25) is 15.1 Å². The molecule has 5 heteroatoms. The van der Waals surface area contributed by atoms with Gasteiger partial charge < -0.3 is 4.98 Å². The minimum atomic E-state index is 0.522. The van der Waals surface area contributed by atoms with E-state index in [4.69, 9.17) is 34.8 Å². The van der Waals surface area contributed by atoms with Crippen molar-refractivity contribution < 1.29 is 0 Å². The molecule has 0 aliphatic carbocycles. The molecule has 4 aromatic rings. The van der Waals surface area contributed by atoms with Gasteiger partial charge in [-0.2, -0.15) is 0 Å². The van der Waals surface area contributed by atoms with Crippen molar-refractivity contribution in [1.29, 1.82) is 0 Å². The van der Waals surface area contributed by atoms with Crippen molar-refractivity contribution in [2.45, 2.75) is 6.42 Å². The highest BCUT2D eigenvalue weighted by molar-refractivity contribution is 6.42. The van der Waals surface area contributed by atoms with Gasteiger partial charge in [0.25, 0.3) is 0 Å². The molecule has 0 saturated carbocycles. The molecule has 1 N–H and O–H groups in total. The monoisotopic (exact) mass is 412 g/mol. The second-order valence-corrected chi connectivity index (χ2v) is 7.45. The minimum absolute atomic E-state index is 0.522. The van der Waals surface area contributed by atoms with Gasteiger partial charge in [-0.05, 0) is 34.4 Å². The predicted octanol–water partition coefficient (Wildman–Crippen LogP) is 7.29. The fourth-order valence-corrected chi connectivity index (χ4v) is 4.16. The van der Waals surface area contributed by atoms with Crippen molar-refractivity contribution >= 4 is 34.8 Å². The molecule has 0 aliphatic rings. The van der Waals surface area contributed by atoms with E-state index in [0.717, 1.165) is 34.5 Å². The summed E-state index contributed by atoms with van der Waals surface area (Å²) in [5.41, 5.74) is 5.11. The first-order valence-corrected chi connectivity index (χ1v) is 9.57. The average Bonchev–Trinajstić information content (AvgIpc) is 3.15. The summed E-state index contributed by atoms with van der Waals surface area (Å²) in [5, 5.41) is 1.59. The van der Waals surface area contributed by atoms with Gasteiger partial charge in [0.1, 0.15) is 5.82 Å². The molecule has 27 heavy (non-hydrogen) atoms. The van der Waals surface area contributed by atoms with Crippen LogP contribution in [-0.2, 0) is 6.42 Å². The molecule has 3 aromatic carbocycles. The third kappa shape index (κ3) is 3.89. The number of benzene rings is 3. The molecule has 0 fully saturated rings. The molecule has 134 valence electrons. The Morgan fingerprint density at radius 2 is 1.48 bits per heavy atom. The number of rotatable bonds is 4. The van der Waals surface area contributed by atoms with Gasteiger partial charge >= 0.3 is 0 Å². The van der Waals surface area contributed by atoms with E-state index in [9.17, 15) is 0 Å². The molecule has 0 unspecified atom stereocenters. The van der Waals surface area contributed by atoms with Crippen molar-refractivity contribution in [2.24, 2.45) is 0 Å². The van der Waals surface area contributed by atoms with E-state index in [1.165, 1.54) is 5.56 Å². The molecule has 4 rings (SSSR count). The number of nitrogens with one attached hydrogen (secondary N) is 1. The van der Waals surface area contributed by atoms with E-state index in [1.807, 2.05) is 24.4 Å². The molecule has 0 atom stereocenters. The maximum Gasteiger partial charge on any atom is 0.110 e. The Kier molecular flexibility index (Phi) is 5.22. The second-order valence-electron chi connectivity index (χ2n) is 6.20. The van der Waals surface area contributed by atoms with Crippen LogP contribution >= 0.6 is 34.8 Å². The number of nitrogens with zero attached hydrogens (tertiary/aromatic N) is 1. The third-order valence-corrected chi connectivity index (χ3v) is 5.21. The molecule has 0 radical (unpaired) electrons. The summed E-state index contributed by atoms with van der Waals surface area (Å²) >= 11 is 19.0. The lowest BCUT2D eigenvalue weighted by atomic mass is 9.93. The van der Waals surface area contributed by atoms with Crippen molar-refractivity contribution in [2.75, 3.05) is 0 Å². The summed E-state index contributed by atoms with van der Waals surface area (Å²) in [4.78, 5) is 7.41. The predicted molar refractivity (Wildman–Crippen MR) is 114 cm³/mol. The van der Waals surface area contributed by atoms with E-state index in [0.29, 0.717) is 15.1 Å². The summed E-state index contributed by atoms with van der Waals surface area (Å²) in [5.74, 6) is 0.947. The Labute approximate surface area is 172 Å². The Morgan fingerprint density at radius 3 is 2.11 bits per heavy atom. The van der Waals surface area contributed by atoms with E-state index in [1.54, 1.807) is 18.3 Å². The highest BCUT2D eigenvalue weighted by atomic mass is 35.5. The van der Waals surface area contributed by atoms with Gasteiger partial charge in [0.2, 0.25) is 0 Å². The van der Waals surface area contributed by atoms with Crippen LogP contribution in [0.5, 0.6) is 0 Å². The fraction of sp³-hybridized carbons (Fsp3) is 0.0455. The van der Waals surface area contributed by atoms with E-state index < -0.39 is 0 Å². The molecule has 1 aromatic heterocycles. The topological polar surface area (TPSA) is 28.7 Å². The largest absolute Gasteiger partial charge is 0.348 e. The SMILES string of the molecule is Clc1cc(Cl)c(-c2ccccc2-c2ccc(Cc3ncc[nH]3)cc2)c(Cl)c1. The molecular formula is C22H15Cl3N2. The summed E-state index contributed by atoms with van der Waals surface area (Å²) < 4.78 is 0. The van der Waals surface area contributed by atoms with Crippen LogP contribution in [0.4, 0.5) is 0 Å². The van der Waals surface area contributed by atoms with Crippen molar-refractivity contribution in [3.8, 4) is 22.3 Å². The second kappa shape index (κ2) is 7.77. The number of aromatic amines is 1. The first-order valence-electron chi connectivity index (χ1n) is 8.43. The molecule has 0 spiro atoms. The van der Waals surface area contributed by atoms with Crippen LogP contribution in [0, 0.1) is 0 Å². The number of hydrogen-bond donors (Lipinski definition) is 1. The zero-order valence-electron chi connectivity index (χ0n) is 14.2. The minimum Gasteiger partial charge on any atom is -0.348 e.